The van der Waals surface area contributed by atoms with E-state index in [-0.39, 0.29) is 12.5 Å². The number of hydrogen-bond acceptors (Lipinski definition) is 6. The Kier molecular flexibility index (Phi) is 7.35. The Hall–Kier alpha value is -2.56. The lowest BCUT2D eigenvalue weighted by Gasteiger charge is -2.17. The number of likely N-dealkylation sites (N-methyl/N-ethyl adjacent to an activating group) is 1. The van der Waals surface area contributed by atoms with Crippen LogP contribution in [0.4, 0.5) is 5.00 Å². The zero-order valence-corrected chi connectivity index (χ0v) is 18.9. The van der Waals surface area contributed by atoms with Crippen molar-refractivity contribution in [3.63, 3.8) is 0 Å². The molecule has 30 heavy (non-hydrogen) atoms. The van der Waals surface area contributed by atoms with Crippen molar-refractivity contribution in [1.82, 2.24) is 4.90 Å². The van der Waals surface area contributed by atoms with E-state index in [0.29, 0.717) is 28.0 Å². The minimum Gasteiger partial charge on any atom is -0.493 e. The highest BCUT2D eigenvalue weighted by Crippen LogP contribution is 2.39. The quantitative estimate of drug-likeness (QED) is 0.692. The van der Waals surface area contributed by atoms with E-state index in [2.05, 4.69) is 18.3 Å². The number of hydrogen-bond donors (Lipinski definition) is 1. The highest BCUT2D eigenvalue weighted by atomic mass is 32.1. The molecule has 7 heteroatoms. The molecule has 160 valence electrons. The smallest absolute Gasteiger partial charge is 0.239 e. The fourth-order valence-corrected chi connectivity index (χ4v) is 5.18. The number of fused-ring (bicyclic) bond motifs is 1. The van der Waals surface area contributed by atoms with Crippen LogP contribution in [0.2, 0.25) is 0 Å². The number of nitrogens with one attached hydrogen (secondary N) is 1. The van der Waals surface area contributed by atoms with Crippen LogP contribution < -0.4 is 14.8 Å². The molecule has 1 aromatic carbocycles. The highest BCUT2D eigenvalue weighted by molar-refractivity contribution is 7.16. The van der Waals surface area contributed by atoms with Crippen molar-refractivity contribution in [3.05, 3.63) is 39.8 Å². The summed E-state index contributed by atoms with van der Waals surface area (Å²) in [5, 5.41) is 13.3. The molecule has 0 fully saturated rings. The van der Waals surface area contributed by atoms with Crippen LogP contribution in [-0.4, -0.2) is 45.2 Å². The minimum atomic E-state index is -0.0899. The number of carbonyl (C=O) groups excluding carboxylic acids is 1. The number of thiophene rings is 1. The van der Waals surface area contributed by atoms with E-state index < -0.39 is 0 Å². The first-order chi connectivity index (χ1) is 14.4. The molecular formula is C23H29N3O3S. The lowest BCUT2D eigenvalue weighted by Crippen LogP contribution is -2.31. The molecule has 2 aromatic rings. The number of ether oxygens (including phenoxy) is 2. The molecule has 0 aliphatic heterocycles. The van der Waals surface area contributed by atoms with E-state index in [4.69, 9.17) is 9.47 Å². The van der Waals surface area contributed by atoms with Gasteiger partial charge in [-0.2, -0.15) is 5.26 Å². The van der Waals surface area contributed by atoms with Crippen LogP contribution in [0.3, 0.4) is 0 Å². The topological polar surface area (TPSA) is 74.6 Å². The molecule has 1 amide bonds. The third-order valence-corrected chi connectivity index (χ3v) is 6.69. The first-order valence-corrected chi connectivity index (χ1v) is 11.0. The number of nitrogens with zero attached hydrogens (tertiary/aromatic N) is 2. The lowest BCUT2D eigenvalue weighted by atomic mass is 9.89. The van der Waals surface area contributed by atoms with E-state index in [1.807, 2.05) is 30.1 Å². The summed E-state index contributed by atoms with van der Waals surface area (Å²) in [5.74, 6) is 1.95. The van der Waals surface area contributed by atoms with E-state index in [1.54, 1.807) is 25.6 Å². The average molecular weight is 428 g/mol. The number of carbonyl (C=O) groups is 1. The fourth-order valence-electron chi connectivity index (χ4n) is 3.80. The summed E-state index contributed by atoms with van der Waals surface area (Å²) in [6.45, 7) is 3.24. The van der Waals surface area contributed by atoms with E-state index in [0.717, 1.165) is 43.4 Å². The molecule has 0 saturated heterocycles. The molecule has 0 radical (unpaired) electrons. The van der Waals surface area contributed by atoms with Gasteiger partial charge in [-0.1, -0.05) is 13.0 Å². The second kappa shape index (κ2) is 9.96. The van der Waals surface area contributed by atoms with Gasteiger partial charge in [0, 0.05) is 11.4 Å². The SMILES string of the molecule is COc1ccc(CCN(C)CC(=O)Nc2sc3c(c2C#N)CC[C@H](C)C3)cc1OC. The largest absolute Gasteiger partial charge is 0.493 e. The van der Waals surface area contributed by atoms with Crippen LogP contribution in [0.5, 0.6) is 11.5 Å². The van der Waals surface area contributed by atoms with Crippen molar-refractivity contribution in [3.8, 4) is 17.6 Å². The van der Waals surface area contributed by atoms with Crippen molar-refractivity contribution < 1.29 is 14.3 Å². The monoisotopic (exact) mass is 427 g/mol. The van der Waals surface area contributed by atoms with E-state index >= 15 is 0 Å². The van der Waals surface area contributed by atoms with Crippen LogP contribution in [0.25, 0.3) is 0 Å². The number of methoxy groups -OCH3 is 2. The molecule has 3 rings (SSSR count). The normalized spacial score (nSPS) is 15.4. The summed E-state index contributed by atoms with van der Waals surface area (Å²) >= 11 is 1.56. The zero-order valence-electron chi connectivity index (χ0n) is 18.1. The van der Waals surface area contributed by atoms with Gasteiger partial charge in [-0.15, -0.1) is 11.3 Å². The summed E-state index contributed by atoms with van der Waals surface area (Å²) in [7, 11) is 5.16. The van der Waals surface area contributed by atoms with Gasteiger partial charge in [0.15, 0.2) is 11.5 Å². The van der Waals surface area contributed by atoms with Crippen LogP contribution in [0.15, 0.2) is 18.2 Å². The summed E-state index contributed by atoms with van der Waals surface area (Å²) in [6, 6.07) is 8.16. The zero-order chi connectivity index (χ0) is 21.7. The average Bonchev–Trinajstić information content (AvgIpc) is 3.07. The standard InChI is InChI=1S/C23H29N3O3S/c1-15-5-7-17-18(13-24)23(30-21(17)11-15)25-22(27)14-26(2)10-9-16-6-8-19(28-3)20(12-16)29-4/h6,8,12,15H,5,7,9-11,14H2,1-4H3,(H,25,27)/t15-/m0/s1. The maximum absolute atomic E-state index is 12.6. The van der Waals surface area contributed by atoms with Crippen LogP contribution in [-0.2, 0) is 24.1 Å². The van der Waals surface area contributed by atoms with Crippen molar-refractivity contribution in [1.29, 1.82) is 5.26 Å². The number of amides is 1. The van der Waals surface area contributed by atoms with Crippen molar-refractivity contribution >= 4 is 22.2 Å². The predicted octanol–water partition coefficient (Wildman–Crippen LogP) is 3.87. The Bertz CT molecular complexity index is 948. The molecule has 1 atom stereocenters. The van der Waals surface area contributed by atoms with E-state index in [9.17, 15) is 10.1 Å². The maximum atomic E-state index is 12.6. The molecular weight excluding hydrogens is 398 g/mol. The van der Waals surface area contributed by atoms with Gasteiger partial charge in [-0.05, 0) is 61.9 Å². The predicted molar refractivity (Wildman–Crippen MR) is 120 cm³/mol. The van der Waals surface area contributed by atoms with Gasteiger partial charge in [0.25, 0.3) is 0 Å². The van der Waals surface area contributed by atoms with Gasteiger partial charge in [0.05, 0.1) is 26.3 Å². The molecule has 6 nitrogen and oxygen atoms in total. The number of nitriles is 1. The molecule has 0 bridgehead atoms. The second-order valence-corrected chi connectivity index (χ2v) is 9.00. The van der Waals surface area contributed by atoms with Gasteiger partial charge in [-0.3, -0.25) is 9.69 Å². The highest BCUT2D eigenvalue weighted by Gasteiger charge is 2.24. The van der Waals surface area contributed by atoms with Crippen LogP contribution >= 0.6 is 11.3 Å². The molecule has 1 aliphatic rings. The van der Waals surface area contributed by atoms with Crippen LogP contribution in [0.1, 0.15) is 34.9 Å². The van der Waals surface area contributed by atoms with Gasteiger partial charge in [-0.25, -0.2) is 0 Å². The summed E-state index contributed by atoms with van der Waals surface area (Å²) in [4.78, 5) is 15.8. The first kappa shape index (κ1) is 22.1. The van der Waals surface area contributed by atoms with Gasteiger partial charge < -0.3 is 14.8 Å². The maximum Gasteiger partial charge on any atom is 0.239 e. The third kappa shape index (κ3) is 5.13. The molecule has 1 aromatic heterocycles. The van der Waals surface area contributed by atoms with Crippen molar-refractivity contribution in [2.24, 2.45) is 5.92 Å². The molecule has 0 saturated carbocycles. The lowest BCUT2D eigenvalue weighted by molar-refractivity contribution is -0.117. The van der Waals surface area contributed by atoms with Crippen molar-refractivity contribution in [2.75, 3.05) is 39.7 Å². The summed E-state index contributed by atoms with van der Waals surface area (Å²) in [5.41, 5.74) is 2.91. The second-order valence-electron chi connectivity index (χ2n) is 7.89. The Morgan fingerprint density at radius 1 is 1.33 bits per heavy atom. The summed E-state index contributed by atoms with van der Waals surface area (Å²) in [6.07, 6.45) is 3.82. The molecule has 1 aliphatic carbocycles. The minimum absolute atomic E-state index is 0.0899. The molecule has 1 N–H and O–H groups in total. The number of benzene rings is 1. The Morgan fingerprint density at radius 3 is 2.80 bits per heavy atom. The fraction of sp³-hybridized carbons (Fsp3) is 0.478. The first-order valence-electron chi connectivity index (χ1n) is 10.2. The van der Waals surface area contributed by atoms with Gasteiger partial charge in [0.1, 0.15) is 11.1 Å². The Labute approximate surface area is 182 Å². The summed E-state index contributed by atoms with van der Waals surface area (Å²) < 4.78 is 10.6. The van der Waals surface area contributed by atoms with Gasteiger partial charge in [0.2, 0.25) is 5.91 Å². The molecule has 0 unspecified atom stereocenters. The molecule has 1 heterocycles. The number of rotatable bonds is 8. The van der Waals surface area contributed by atoms with Crippen molar-refractivity contribution in [2.45, 2.75) is 32.6 Å². The molecule has 0 spiro atoms. The van der Waals surface area contributed by atoms with Gasteiger partial charge >= 0.3 is 0 Å². The number of anilines is 1. The Morgan fingerprint density at radius 2 is 2.10 bits per heavy atom. The Balaban J connectivity index is 1.56. The van der Waals surface area contributed by atoms with Crippen LogP contribution in [0, 0.1) is 17.2 Å². The third-order valence-electron chi connectivity index (χ3n) is 5.52. The van der Waals surface area contributed by atoms with E-state index in [1.165, 1.54) is 4.88 Å².